The molecule has 0 saturated heterocycles. The number of carbonyl (C=O) groups excluding carboxylic acids is 1. The molecule has 1 saturated carbocycles. The lowest BCUT2D eigenvalue weighted by atomic mass is 10.2. The second-order valence-electron chi connectivity index (χ2n) is 4.12. The summed E-state index contributed by atoms with van der Waals surface area (Å²) in [5, 5.41) is 23.6. The zero-order valence-corrected chi connectivity index (χ0v) is 10.1. The highest BCUT2D eigenvalue weighted by molar-refractivity contribution is 6.10. The highest BCUT2D eigenvalue weighted by Gasteiger charge is 2.23. The Hall–Kier alpha value is -2.86. The Balaban J connectivity index is 2.06. The fraction of sp³-hybridized carbons (Fsp3) is 0.231. The molecule has 2 N–H and O–H groups in total. The van der Waals surface area contributed by atoms with E-state index in [0.717, 1.165) is 12.8 Å². The zero-order chi connectivity index (χ0) is 13.7. The van der Waals surface area contributed by atoms with Gasteiger partial charge in [-0.1, -0.05) is 6.07 Å². The predicted octanol–water partition coefficient (Wildman–Crippen LogP) is 1.39. The Bertz CT molecular complexity index is 588. The quantitative estimate of drug-likeness (QED) is 0.625. The first-order valence-electron chi connectivity index (χ1n) is 5.78. The molecular formula is C13H11N5O. The molecule has 0 aromatic heterocycles. The first kappa shape index (κ1) is 12.6. The molecule has 0 aliphatic heterocycles. The minimum Gasteiger partial charge on any atom is -0.349 e. The summed E-state index contributed by atoms with van der Waals surface area (Å²) in [6.45, 7) is 0. The lowest BCUT2D eigenvalue weighted by Gasteiger charge is -2.05. The first-order chi connectivity index (χ1) is 9.22. The van der Waals surface area contributed by atoms with E-state index in [1.807, 2.05) is 0 Å². The van der Waals surface area contributed by atoms with Crippen molar-refractivity contribution >= 4 is 17.3 Å². The van der Waals surface area contributed by atoms with Crippen molar-refractivity contribution in [2.45, 2.75) is 18.9 Å². The van der Waals surface area contributed by atoms with Crippen molar-refractivity contribution in [2.24, 2.45) is 5.10 Å². The largest absolute Gasteiger partial charge is 0.349 e. The van der Waals surface area contributed by atoms with Crippen LogP contribution in [0.15, 0.2) is 29.4 Å². The molecule has 19 heavy (non-hydrogen) atoms. The Kier molecular flexibility index (Phi) is 3.75. The van der Waals surface area contributed by atoms with Crippen LogP contribution in [0.5, 0.6) is 0 Å². The van der Waals surface area contributed by atoms with Crippen molar-refractivity contribution in [3.63, 3.8) is 0 Å². The SMILES string of the molecule is N#CC(C#N)=NNc1cccc(C(=O)NC2CC2)c1. The van der Waals surface area contributed by atoms with Gasteiger partial charge >= 0.3 is 0 Å². The average molecular weight is 253 g/mol. The van der Waals surface area contributed by atoms with E-state index in [1.54, 1.807) is 36.4 Å². The van der Waals surface area contributed by atoms with Crippen molar-refractivity contribution in [1.29, 1.82) is 10.5 Å². The standard InChI is InChI=1S/C13H11N5O/c14-7-12(8-15)18-17-11-3-1-2-9(6-11)13(19)16-10-4-5-10/h1-3,6,10,17H,4-5H2,(H,16,19). The van der Waals surface area contributed by atoms with Crippen molar-refractivity contribution in [1.82, 2.24) is 5.32 Å². The molecule has 2 rings (SSSR count). The van der Waals surface area contributed by atoms with Crippen LogP contribution in [0.25, 0.3) is 0 Å². The number of hydrogen-bond donors (Lipinski definition) is 2. The molecule has 1 aromatic carbocycles. The van der Waals surface area contributed by atoms with Gasteiger partial charge in [-0.25, -0.2) is 0 Å². The molecule has 0 atom stereocenters. The fourth-order valence-corrected chi connectivity index (χ4v) is 1.42. The average Bonchev–Trinajstić information content (AvgIpc) is 3.24. The van der Waals surface area contributed by atoms with Crippen LogP contribution >= 0.6 is 0 Å². The lowest BCUT2D eigenvalue weighted by Crippen LogP contribution is -2.25. The normalized spacial score (nSPS) is 12.7. The van der Waals surface area contributed by atoms with Crippen LogP contribution in [0.2, 0.25) is 0 Å². The third-order valence-corrected chi connectivity index (χ3v) is 2.55. The number of anilines is 1. The first-order valence-corrected chi connectivity index (χ1v) is 5.78. The molecule has 94 valence electrons. The van der Waals surface area contributed by atoms with Gasteiger partial charge in [0.15, 0.2) is 0 Å². The highest BCUT2D eigenvalue weighted by Crippen LogP contribution is 2.20. The van der Waals surface area contributed by atoms with Gasteiger partial charge in [0.05, 0.1) is 5.69 Å². The second kappa shape index (κ2) is 5.65. The van der Waals surface area contributed by atoms with E-state index in [-0.39, 0.29) is 11.6 Å². The van der Waals surface area contributed by atoms with Crippen LogP contribution in [0.3, 0.4) is 0 Å². The van der Waals surface area contributed by atoms with Gasteiger partial charge in [-0.3, -0.25) is 10.2 Å². The van der Waals surface area contributed by atoms with E-state index < -0.39 is 0 Å². The van der Waals surface area contributed by atoms with Gasteiger partial charge in [0.25, 0.3) is 5.91 Å². The lowest BCUT2D eigenvalue weighted by molar-refractivity contribution is 0.0951. The van der Waals surface area contributed by atoms with Gasteiger partial charge in [0, 0.05) is 11.6 Å². The van der Waals surface area contributed by atoms with Gasteiger partial charge < -0.3 is 5.32 Å². The number of nitrogens with zero attached hydrogens (tertiary/aromatic N) is 3. The van der Waals surface area contributed by atoms with Crippen molar-refractivity contribution in [3.8, 4) is 12.1 Å². The van der Waals surface area contributed by atoms with E-state index in [9.17, 15) is 4.79 Å². The van der Waals surface area contributed by atoms with Crippen LogP contribution in [-0.4, -0.2) is 17.7 Å². The summed E-state index contributed by atoms with van der Waals surface area (Å²) < 4.78 is 0. The zero-order valence-electron chi connectivity index (χ0n) is 10.1. The van der Waals surface area contributed by atoms with Crippen molar-refractivity contribution in [2.75, 3.05) is 5.43 Å². The number of hydrogen-bond acceptors (Lipinski definition) is 5. The van der Waals surface area contributed by atoms with Gasteiger partial charge in [-0.15, -0.1) is 0 Å². The van der Waals surface area contributed by atoms with Gasteiger partial charge in [0.2, 0.25) is 5.71 Å². The number of rotatable bonds is 4. The number of hydrazone groups is 1. The maximum Gasteiger partial charge on any atom is 0.251 e. The molecule has 6 nitrogen and oxygen atoms in total. The summed E-state index contributed by atoms with van der Waals surface area (Å²) in [4.78, 5) is 11.8. The Labute approximate surface area is 110 Å². The summed E-state index contributed by atoms with van der Waals surface area (Å²) in [7, 11) is 0. The summed E-state index contributed by atoms with van der Waals surface area (Å²) in [5.74, 6) is -0.129. The number of amides is 1. The maximum atomic E-state index is 11.8. The number of nitrogens with one attached hydrogen (secondary N) is 2. The number of nitriles is 2. The Morgan fingerprint density at radius 1 is 1.32 bits per heavy atom. The third-order valence-electron chi connectivity index (χ3n) is 2.55. The summed E-state index contributed by atoms with van der Waals surface area (Å²) in [6, 6.07) is 10.3. The van der Waals surface area contributed by atoms with E-state index >= 15 is 0 Å². The van der Waals surface area contributed by atoms with Crippen LogP contribution in [0.1, 0.15) is 23.2 Å². The van der Waals surface area contributed by atoms with Crippen LogP contribution in [0.4, 0.5) is 5.69 Å². The van der Waals surface area contributed by atoms with Crippen molar-refractivity contribution in [3.05, 3.63) is 29.8 Å². The van der Waals surface area contributed by atoms with E-state index in [2.05, 4.69) is 15.8 Å². The van der Waals surface area contributed by atoms with E-state index in [0.29, 0.717) is 17.3 Å². The smallest absolute Gasteiger partial charge is 0.251 e. The number of carbonyl (C=O) groups is 1. The minimum absolute atomic E-state index is 0.129. The van der Waals surface area contributed by atoms with Crippen LogP contribution < -0.4 is 10.7 Å². The van der Waals surface area contributed by atoms with Crippen LogP contribution in [0, 0.1) is 22.7 Å². The molecule has 1 aromatic rings. The molecule has 0 bridgehead atoms. The molecule has 0 radical (unpaired) electrons. The van der Waals surface area contributed by atoms with Crippen molar-refractivity contribution < 1.29 is 4.79 Å². The molecular weight excluding hydrogens is 242 g/mol. The third kappa shape index (κ3) is 3.55. The monoisotopic (exact) mass is 253 g/mol. The fourth-order valence-electron chi connectivity index (χ4n) is 1.42. The second-order valence-corrected chi connectivity index (χ2v) is 4.12. The Morgan fingerprint density at radius 3 is 2.68 bits per heavy atom. The molecule has 1 amide bonds. The van der Waals surface area contributed by atoms with Gasteiger partial charge in [-0.2, -0.15) is 15.6 Å². The van der Waals surface area contributed by atoms with E-state index in [4.69, 9.17) is 10.5 Å². The molecule has 1 aliphatic rings. The summed E-state index contributed by atoms with van der Waals surface area (Å²) >= 11 is 0. The predicted molar refractivity (Wildman–Crippen MR) is 69.2 cm³/mol. The minimum atomic E-state index is -0.271. The van der Waals surface area contributed by atoms with Gasteiger partial charge in [0.1, 0.15) is 12.1 Å². The molecule has 6 heteroatoms. The molecule has 1 aliphatic carbocycles. The number of benzene rings is 1. The molecule has 0 heterocycles. The van der Waals surface area contributed by atoms with Crippen LogP contribution in [-0.2, 0) is 0 Å². The summed E-state index contributed by atoms with van der Waals surface area (Å²) in [6.07, 6.45) is 2.06. The Morgan fingerprint density at radius 2 is 2.05 bits per heavy atom. The summed E-state index contributed by atoms with van der Waals surface area (Å²) in [5.41, 5.74) is 3.37. The highest BCUT2D eigenvalue weighted by atomic mass is 16.1. The molecule has 0 spiro atoms. The topological polar surface area (TPSA) is 101 Å². The molecule has 1 fully saturated rings. The van der Waals surface area contributed by atoms with Gasteiger partial charge in [-0.05, 0) is 31.0 Å². The molecule has 0 unspecified atom stereocenters. The maximum absolute atomic E-state index is 11.8. The van der Waals surface area contributed by atoms with E-state index in [1.165, 1.54) is 0 Å².